The van der Waals surface area contributed by atoms with E-state index < -0.39 is 11.6 Å². The molecule has 3 aromatic carbocycles. The van der Waals surface area contributed by atoms with Gasteiger partial charge in [-0.15, -0.1) is 0 Å². The molecule has 0 N–H and O–H groups in total. The van der Waals surface area contributed by atoms with Crippen LogP contribution in [0.5, 0.6) is 0 Å². The number of hydrogen-bond donors (Lipinski definition) is 0. The van der Waals surface area contributed by atoms with Gasteiger partial charge in [0.1, 0.15) is 6.04 Å². The highest BCUT2D eigenvalue weighted by Gasteiger charge is 2.56. The van der Waals surface area contributed by atoms with Crippen molar-refractivity contribution in [1.29, 1.82) is 0 Å². The van der Waals surface area contributed by atoms with Gasteiger partial charge < -0.3 is 4.90 Å². The summed E-state index contributed by atoms with van der Waals surface area (Å²) < 4.78 is 0. The molecule has 2 aliphatic heterocycles. The second-order valence-electron chi connectivity index (χ2n) is 8.51. The third kappa shape index (κ3) is 3.80. The van der Waals surface area contributed by atoms with Crippen molar-refractivity contribution in [2.24, 2.45) is 0 Å². The van der Waals surface area contributed by atoms with Gasteiger partial charge in [0.05, 0.1) is 5.69 Å². The average molecular weight is 427 g/mol. The molecule has 0 aliphatic carbocycles. The maximum absolute atomic E-state index is 13.7. The fourth-order valence-electron chi connectivity index (χ4n) is 4.77. The molecule has 162 valence electrons. The minimum absolute atomic E-state index is 0.0284. The van der Waals surface area contributed by atoms with E-state index in [4.69, 9.17) is 4.84 Å². The summed E-state index contributed by atoms with van der Waals surface area (Å²) in [5.74, 6) is -0.0591. The number of Topliss-reactive ketones (excluding diaryl/α,β-unsaturated/α-hetero) is 1. The second kappa shape index (κ2) is 8.60. The minimum atomic E-state index is -1.02. The van der Waals surface area contributed by atoms with Crippen LogP contribution >= 0.6 is 0 Å². The van der Waals surface area contributed by atoms with Crippen LogP contribution in [0.4, 0.5) is 5.69 Å². The van der Waals surface area contributed by atoms with E-state index in [0.717, 1.165) is 17.7 Å². The van der Waals surface area contributed by atoms with Crippen LogP contribution in [0.15, 0.2) is 91.0 Å². The number of anilines is 1. The molecule has 0 bridgehead atoms. The van der Waals surface area contributed by atoms with Crippen LogP contribution in [-0.2, 0) is 16.2 Å². The van der Waals surface area contributed by atoms with E-state index in [2.05, 4.69) is 0 Å². The molecular weight excluding hydrogens is 400 g/mol. The number of rotatable bonds is 5. The van der Waals surface area contributed by atoms with Crippen LogP contribution in [0.25, 0.3) is 0 Å². The van der Waals surface area contributed by atoms with E-state index >= 15 is 0 Å². The fraction of sp³-hybridized carbons (Fsp3) is 0.259. The summed E-state index contributed by atoms with van der Waals surface area (Å²) in [5.41, 5.74) is 1.49. The first-order valence-corrected chi connectivity index (χ1v) is 11.1. The first-order chi connectivity index (χ1) is 15.7. The monoisotopic (exact) mass is 426 g/mol. The minimum Gasteiger partial charge on any atom is -0.336 e. The third-order valence-electron chi connectivity index (χ3n) is 6.35. The first kappa shape index (κ1) is 20.5. The molecule has 3 aromatic rings. The highest BCUT2D eigenvalue weighted by Crippen LogP contribution is 2.42. The van der Waals surface area contributed by atoms with Crippen LogP contribution in [0, 0.1) is 0 Å². The zero-order valence-corrected chi connectivity index (χ0v) is 17.9. The fourth-order valence-corrected chi connectivity index (χ4v) is 4.77. The second-order valence-corrected chi connectivity index (χ2v) is 8.51. The largest absolute Gasteiger partial charge is 0.336 e. The van der Waals surface area contributed by atoms with Crippen molar-refractivity contribution < 1.29 is 14.4 Å². The number of likely N-dealkylation sites (tertiary alicyclic amines) is 1. The summed E-state index contributed by atoms with van der Waals surface area (Å²) in [7, 11) is 0. The van der Waals surface area contributed by atoms with Crippen molar-refractivity contribution in [3.63, 3.8) is 0 Å². The van der Waals surface area contributed by atoms with Crippen LogP contribution in [0.1, 0.15) is 35.2 Å². The van der Waals surface area contributed by atoms with Gasteiger partial charge in [0.25, 0.3) is 5.91 Å². The molecule has 2 aliphatic rings. The summed E-state index contributed by atoms with van der Waals surface area (Å²) >= 11 is 0. The van der Waals surface area contributed by atoms with Crippen LogP contribution < -0.4 is 5.06 Å². The summed E-state index contributed by atoms with van der Waals surface area (Å²) in [4.78, 5) is 35.5. The molecule has 2 atom stereocenters. The molecule has 0 radical (unpaired) electrons. The Hall–Kier alpha value is -3.44. The number of ketones is 1. The summed E-state index contributed by atoms with van der Waals surface area (Å²) in [6.45, 7) is 1.24. The predicted molar refractivity (Wildman–Crippen MR) is 123 cm³/mol. The zero-order valence-electron chi connectivity index (χ0n) is 17.9. The van der Waals surface area contributed by atoms with Crippen molar-refractivity contribution >= 4 is 17.4 Å². The maximum Gasteiger partial charge on any atom is 0.257 e. The van der Waals surface area contributed by atoms with Crippen molar-refractivity contribution in [3.8, 4) is 0 Å². The molecule has 0 aromatic heterocycles. The van der Waals surface area contributed by atoms with Gasteiger partial charge in [-0.3, -0.25) is 14.4 Å². The van der Waals surface area contributed by atoms with E-state index in [1.807, 2.05) is 95.9 Å². The standard InChI is InChI=1S/C27H26N2O3/c30-25(22-13-6-2-7-14-22)24-19-27(32-29(24)23-15-8-3-9-16-23)17-10-18-28(26(27)31)20-21-11-4-1-5-12-21/h1-9,11-16,24H,10,17-20H2/t24-,27-/m0/s1. The van der Waals surface area contributed by atoms with Gasteiger partial charge >= 0.3 is 0 Å². The summed E-state index contributed by atoms with van der Waals surface area (Å²) in [5, 5.41) is 1.67. The Morgan fingerprint density at radius 1 is 0.906 bits per heavy atom. The Morgan fingerprint density at radius 2 is 1.53 bits per heavy atom. The SMILES string of the molecule is O=C(c1ccccc1)[C@@H]1C[C@]2(CCCN(Cc3ccccc3)C2=O)ON1c1ccccc1. The lowest BCUT2D eigenvalue weighted by atomic mass is 9.84. The number of nitrogens with zero attached hydrogens (tertiary/aromatic N) is 2. The molecule has 0 saturated carbocycles. The lowest BCUT2D eigenvalue weighted by molar-refractivity contribution is -0.161. The molecule has 2 heterocycles. The molecule has 1 spiro atoms. The van der Waals surface area contributed by atoms with Crippen molar-refractivity contribution in [2.75, 3.05) is 11.6 Å². The number of carbonyl (C=O) groups is 2. The lowest BCUT2D eigenvalue weighted by Gasteiger charge is -2.38. The third-order valence-corrected chi connectivity index (χ3v) is 6.35. The van der Waals surface area contributed by atoms with Crippen LogP contribution in [-0.4, -0.2) is 34.8 Å². The Bertz CT molecular complexity index is 1090. The first-order valence-electron chi connectivity index (χ1n) is 11.1. The normalized spacial score (nSPS) is 23.0. The van der Waals surface area contributed by atoms with Gasteiger partial charge in [-0.05, 0) is 30.5 Å². The predicted octanol–water partition coefficient (Wildman–Crippen LogP) is 4.64. The Balaban J connectivity index is 1.46. The van der Waals surface area contributed by atoms with E-state index in [-0.39, 0.29) is 11.7 Å². The number of para-hydroxylation sites is 1. The summed E-state index contributed by atoms with van der Waals surface area (Å²) in [6, 6.07) is 28.3. The number of amides is 1. The van der Waals surface area contributed by atoms with Gasteiger partial charge in [0, 0.05) is 25.1 Å². The van der Waals surface area contributed by atoms with Gasteiger partial charge in [-0.2, -0.15) is 0 Å². The molecule has 32 heavy (non-hydrogen) atoms. The molecule has 2 fully saturated rings. The lowest BCUT2D eigenvalue weighted by Crippen LogP contribution is -2.53. The number of benzene rings is 3. The van der Waals surface area contributed by atoms with E-state index in [1.165, 1.54) is 0 Å². The van der Waals surface area contributed by atoms with E-state index in [9.17, 15) is 9.59 Å². The van der Waals surface area contributed by atoms with Crippen LogP contribution in [0.3, 0.4) is 0 Å². The smallest absolute Gasteiger partial charge is 0.257 e. The highest BCUT2D eigenvalue weighted by molar-refractivity contribution is 6.03. The van der Waals surface area contributed by atoms with Gasteiger partial charge in [-0.25, -0.2) is 5.06 Å². The van der Waals surface area contributed by atoms with Gasteiger partial charge in [0.2, 0.25) is 0 Å². The highest BCUT2D eigenvalue weighted by atomic mass is 16.7. The van der Waals surface area contributed by atoms with Crippen molar-refractivity contribution in [2.45, 2.75) is 37.5 Å². The number of carbonyl (C=O) groups excluding carboxylic acids is 2. The number of hydroxylamine groups is 1. The van der Waals surface area contributed by atoms with Gasteiger partial charge in [0.15, 0.2) is 11.4 Å². The average Bonchev–Trinajstić information content (AvgIpc) is 3.24. The number of piperidine rings is 1. The maximum atomic E-state index is 13.7. The number of hydrogen-bond acceptors (Lipinski definition) is 4. The molecule has 2 saturated heterocycles. The Kier molecular flexibility index (Phi) is 5.50. The molecule has 1 amide bonds. The molecule has 5 rings (SSSR count). The zero-order chi connectivity index (χ0) is 22.0. The molecule has 5 nitrogen and oxygen atoms in total. The van der Waals surface area contributed by atoms with Crippen LogP contribution in [0.2, 0.25) is 0 Å². The van der Waals surface area contributed by atoms with Gasteiger partial charge in [-0.1, -0.05) is 78.9 Å². The molecule has 5 heteroatoms. The van der Waals surface area contributed by atoms with E-state index in [1.54, 1.807) is 5.06 Å². The topological polar surface area (TPSA) is 49.9 Å². The Morgan fingerprint density at radius 3 is 2.22 bits per heavy atom. The Labute approximate surface area is 188 Å². The van der Waals surface area contributed by atoms with Crippen molar-refractivity contribution in [3.05, 3.63) is 102 Å². The van der Waals surface area contributed by atoms with E-state index in [0.29, 0.717) is 31.5 Å². The summed E-state index contributed by atoms with van der Waals surface area (Å²) in [6.07, 6.45) is 1.80. The quantitative estimate of drug-likeness (QED) is 0.558. The molecular formula is C27H26N2O3. The van der Waals surface area contributed by atoms with Crippen molar-refractivity contribution in [1.82, 2.24) is 4.90 Å². The molecule has 0 unspecified atom stereocenters.